The zero-order valence-corrected chi connectivity index (χ0v) is 13.9. The van der Waals surface area contributed by atoms with Gasteiger partial charge in [-0.2, -0.15) is 0 Å². The molecule has 24 heavy (non-hydrogen) atoms. The fourth-order valence-electron chi connectivity index (χ4n) is 2.67. The molecule has 1 aliphatic heterocycles. The van der Waals surface area contributed by atoms with Crippen LogP contribution in [0.25, 0.3) is 0 Å². The van der Waals surface area contributed by atoms with Gasteiger partial charge < -0.3 is 9.64 Å². The molecule has 1 amide bonds. The summed E-state index contributed by atoms with van der Waals surface area (Å²) in [5, 5.41) is 10.8. The van der Waals surface area contributed by atoms with Gasteiger partial charge in [-0.15, -0.1) is 11.8 Å². The maximum atomic E-state index is 12.5. The van der Waals surface area contributed by atoms with Crippen molar-refractivity contribution in [3.8, 4) is 5.75 Å². The van der Waals surface area contributed by atoms with E-state index in [1.54, 1.807) is 24.1 Å². The van der Waals surface area contributed by atoms with Crippen molar-refractivity contribution in [3.63, 3.8) is 0 Å². The Labute approximate surface area is 143 Å². The Hall–Kier alpha value is -2.54. The van der Waals surface area contributed by atoms with E-state index in [0.717, 1.165) is 21.9 Å². The van der Waals surface area contributed by atoms with Crippen LogP contribution in [0.5, 0.6) is 5.75 Å². The minimum Gasteiger partial charge on any atom is -0.497 e. The molecule has 0 radical (unpaired) electrons. The van der Waals surface area contributed by atoms with E-state index < -0.39 is 4.92 Å². The molecule has 2 aromatic rings. The average Bonchev–Trinajstić information content (AvgIpc) is 3.03. The lowest BCUT2D eigenvalue weighted by atomic mass is 10.1. The van der Waals surface area contributed by atoms with Gasteiger partial charge in [-0.3, -0.25) is 14.9 Å². The molecule has 0 atom stereocenters. The van der Waals surface area contributed by atoms with Crippen LogP contribution in [0.4, 0.5) is 11.4 Å². The van der Waals surface area contributed by atoms with Crippen molar-refractivity contribution in [3.05, 3.63) is 58.1 Å². The van der Waals surface area contributed by atoms with Gasteiger partial charge in [-0.05, 0) is 36.2 Å². The Morgan fingerprint density at radius 1 is 1.33 bits per heavy atom. The van der Waals surface area contributed by atoms with Gasteiger partial charge in [0, 0.05) is 29.3 Å². The van der Waals surface area contributed by atoms with Gasteiger partial charge in [0.25, 0.3) is 5.69 Å². The summed E-state index contributed by atoms with van der Waals surface area (Å²) in [6.45, 7) is 0.563. The molecule has 0 bridgehead atoms. The number of carbonyl (C=O) groups excluding carboxylic acids is 1. The number of fused-ring (bicyclic) bond motifs is 1. The first-order valence-corrected chi connectivity index (χ1v) is 8.41. The molecule has 2 aromatic carbocycles. The van der Waals surface area contributed by atoms with Crippen molar-refractivity contribution >= 4 is 29.0 Å². The summed E-state index contributed by atoms with van der Waals surface area (Å²) in [5.41, 5.74) is 1.69. The quantitative estimate of drug-likeness (QED) is 0.473. The molecule has 1 aliphatic rings. The summed E-state index contributed by atoms with van der Waals surface area (Å²) in [7, 11) is 1.61. The molecule has 0 aromatic heterocycles. The maximum Gasteiger partial charge on any atom is 0.269 e. The van der Waals surface area contributed by atoms with E-state index in [1.807, 2.05) is 24.3 Å². The number of non-ortho nitro benzene ring substituents is 1. The van der Waals surface area contributed by atoms with Gasteiger partial charge in [-0.1, -0.05) is 6.07 Å². The first-order chi connectivity index (χ1) is 11.6. The normalized spacial score (nSPS) is 12.8. The molecule has 7 heteroatoms. The number of methoxy groups -OCH3 is 1. The zero-order valence-electron chi connectivity index (χ0n) is 13.1. The lowest BCUT2D eigenvalue weighted by molar-refractivity contribution is -0.384. The molecule has 1 heterocycles. The number of hydrogen-bond donors (Lipinski definition) is 0. The molecule has 3 rings (SSSR count). The molecular formula is C17H16N2O4S. The standard InChI is InChI=1S/C17H16N2O4S/c1-23-14-3-2-4-15(10-14)24-11-17(20)18-8-7-12-9-13(19(21)22)5-6-16(12)18/h2-6,9-10H,7-8,11H2,1H3. The van der Waals surface area contributed by atoms with Crippen LogP contribution in [0.3, 0.4) is 0 Å². The van der Waals surface area contributed by atoms with Crippen LogP contribution in [-0.2, 0) is 11.2 Å². The Balaban J connectivity index is 1.68. The first kappa shape index (κ1) is 16.3. The van der Waals surface area contributed by atoms with Gasteiger partial charge in [0.2, 0.25) is 5.91 Å². The topological polar surface area (TPSA) is 72.7 Å². The summed E-state index contributed by atoms with van der Waals surface area (Å²) in [4.78, 5) is 25.6. The Morgan fingerprint density at radius 2 is 2.17 bits per heavy atom. The second-order valence-corrected chi connectivity index (χ2v) is 6.38. The summed E-state index contributed by atoms with van der Waals surface area (Å²) in [5.74, 6) is 1.06. The molecule has 0 unspecified atom stereocenters. The third-order valence-electron chi connectivity index (χ3n) is 3.87. The second kappa shape index (κ2) is 6.92. The van der Waals surface area contributed by atoms with Crippen LogP contribution >= 0.6 is 11.8 Å². The number of thioether (sulfide) groups is 1. The monoisotopic (exact) mass is 344 g/mol. The Bertz CT molecular complexity index is 794. The third-order valence-corrected chi connectivity index (χ3v) is 4.85. The molecule has 0 saturated carbocycles. The lowest BCUT2D eigenvalue weighted by Gasteiger charge is -2.17. The number of rotatable bonds is 5. The summed E-state index contributed by atoms with van der Waals surface area (Å²) in [6, 6.07) is 12.2. The number of amides is 1. The average molecular weight is 344 g/mol. The van der Waals surface area contributed by atoms with E-state index in [0.29, 0.717) is 18.7 Å². The van der Waals surface area contributed by atoms with Crippen molar-refractivity contribution in [2.75, 3.05) is 24.3 Å². The molecule has 0 saturated heterocycles. The predicted octanol–water partition coefficient (Wildman–Crippen LogP) is 3.28. The number of nitrogens with zero attached hydrogens (tertiary/aromatic N) is 2. The summed E-state index contributed by atoms with van der Waals surface area (Å²) < 4.78 is 5.17. The number of anilines is 1. The van der Waals surface area contributed by atoms with Crippen LogP contribution in [0.2, 0.25) is 0 Å². The van der Waals surface area contributed by atoms with Crippen LogP contribution in [0.1, 0.15) is 5.56 Å². The molecular weight excluding hydrogens is 328 g/mol. The summed E-state index contributed by atoms with van der Waals surface area (Å²) >= 11 is 1.45. The Morgan fingerprint density at radius 3 is 2.92 bits per heavy atom. The predicted molar refractivity (Wildman–Crippen MR) is 92.9 cm³/mol. The smallest absolute Gasteiger partial charge is 0.269 e. The van der Waals surface area contributed by atoms with Crippen LogP contribution in [-0.4, -0.2) is 30.2 Å². The van der Waals surface area contributed by atoms with Crippen molar-refractivity contribution in [1.82, 2.24) is 0 Å². The SMILES string of the molecule is COc1cccc(SCC(=O)N2CCc3cc([N+](=O)[O-])ccc32)c1. The lowest BCUT2D eigenvalue weighted by Crippen LogP contribution is -2.30. The van der Waals surface area contributed by atoms with Gasteiger partial charge in [0.1, 0.15) is 5.75 Å². The zero-order chi connectivity index (χ0) is 17.1. The fourth-order valence-corrected chi connectivity index (χ4v) is 3.50. The van der Waals surface area contributed by atoms with Gasteiger partial charge in [-0.25, -0.2) is 0 Å². The van der Waals surface area contributed by atoms with Crippen molar-refractivity contribution in [2.24, 2.45) is 0 Å². The molecule has 0 aliphatic carbocycles. The van der Waals surface area contributed by atoms with E-state index in [2.05, 4.69) is 0 Å². The fraction of sp³-hybridized carbons (Fsp3) is 0.235. The molecule has 6 nitrogen and oxygen atoms in total. The van der Waals surface area contributed by atoms with E-state index >= 15 is 0 Å². The molecule has 0 fully saturated rings. The number of hydrogen-bond acceptors (Lipinski definition) is 5. The Kier molecular flexibility index (Phi) is 4.71. The van der Waals surface area contributed by atoms with E-state index in [1.165, 1.54) is 17.8 Å². The van der Waals surface area contributed by atoms with Gasteiger partial charge in [0.15, 0.2) is 0 Å². The minimum absolute atomic E-state index is 0.00424. The van der Waals surface area contributed by atoms with Gasteiger partial charge in [0.05, 0.1) is 17.8 Å². The number of benzene rings is 2. The number of nitro benzene ring substituents is 1. The third kappa shape index (κ3) is 3.35. The van der Waals surface area contributed by atoms with Crippen molar-refractivity contribution < 1.29 is 14.5 Å². The van der Waals surface area contributed by atoms with Crippen molar-refractivity contribution in [1.29, 1.82) is 0 Å². The highest BCUT2D eigenvalue weighted by molar-refractivity contribution is 8.00. The number of carbonyl (C=O) groups is 1. The van der Waals surface area contributed by atoms with Crippen LogP contribution in [0.15, 0.2) is 47.4 Å². The first-order valence-electron chi connectivity index (χ1n) is 7.43. The van der Waals surface area contributed by atoms with Crippen LogP contribution in [0, 0.1) is 10.1 Å². The maximum absolute atomic E-state index is 12.5. The molecule has 124 valence electrons. The minimum atomic E-state index is -0.413. The van der Waals surface area contributed by atoms with E-state index in [4.69, 9.17) is 4.74 Å². The molecule has 0 spiro atoms. The van der Waals surface area contributed by atoms with Crippen molar-refractivity contribution in [2.45, 2.75) is 11.3 Å². The highest BCUT2D eigenvalue weighted by atomic mass is 32.2. The largest absolute Gasteiger partial charge is 0.497 e. The van der Waals surface area contributed by atoms with E-state index in [9.17, 15) is 14.9 Å². The van der Waals surface area contributed by atoms with Crippen LogP contribution < -0.4 is 9.64 Å². The number of nitro groups is 1. The number of ether oxygens (including phenoxy) is 1. The second-order valence-electron chi connectivity index (χ2n) is 5.33. The molecule has 0 N–H and O–H groups in total. The highest BCUT2D eigenvalue weighted by Crippen LogP contribution is 2.32. The highest BCUT2D eigenvalue weighted by Gasteiger charge is 2.26. The van der Waals surface area contributed by atoms with E-state index in [-0.39, 0.29) is 11.6 Å². The summed E-state index contributed by atoms with van der Waals surface area (Å²) in [6.07, 6.45) is 0.645. The van der Waals surface area contributed by atoms with Gasteiger partial charge >= 0.3 is 0 Å².